The van der Waals surface area contributed by atoms with E-state index >= 15 is 0 Å². The summed E-state index contributed by atoms with van der Waals surface area (Å²) in [6, 6.07) is 0. The number of rotatable bonds is 5. The summed E-state index contributed by atoms with van der Waals surface area (Å²) >= 11 is 0. The van der Waals surface area contributed by atoms with Gasteiger partial charge in [0.15, 0.2) is 0 Å². The Morgan fingerprint density at radius 3 is 2.00 bits per heavy atom. The Kier molecular flexibility index (Phi) is 7.30. The second-order valence-corrected chi connectivity index (χ2v) is 4.66. The first-order valence-electron chi connectivity index (χ1n) is 5.09. The fourth-order valence-corrected chi connectivity index (χ4v) is 2.03. The SMILES string of the molecule is C.C=CC(C)(C)[C@@H](CCC)C(C)C. The highest BCUT2D eigenvalue weighted by molar-refractivity contribution is 4.93. The van der Waals surface area contributed by atoms with Crippen LogP contribution in [0.2, 0.25) is 0 Å². The molecular weight excluding hydrogens is 156 g/mol. The van der Waals surface area contributed by atoms with Gasteiger partial charge < -0.3 is 0 Å². The molecule has 0 rings (SSSR count). The highest BCUT2D eigenvalue weighted by Crippen LogP contribution is 2.36. The van der Waals surface area contributed by atoms with E-state index in [0.717, 1.165) is 11.8 Å². The molecule has 0 aromatic heterocycles. The number of hydrogen-bond acceptors (Lipinski definition) is 0. The van der Waals surface area contributed by atoms with Crippen LogP contribution in [0.25, 0.3) is 0 Å². The summed E-state index contributed by atoms with van der Waals surface area (Å²) < 4.78 is 0. The molecule has 0 heteroatoms. The van der Waals surface area contributed by atoms with E-state index in [2.05, 4.69) is 47.3 Å². The molecule has 0 N–H and O–H groups in total. The minimum absolute atomic E-state index is 0. The van der Waals surface area contributed by atoms with Crippen LogP contribution < -0.4 is 0 Å². The van der Waals surface area contributed by atoms with Crippen molar-refractivity contribution >= 4 is 0 Å². The maximum absolute atomic E-state index is 3.92. The van der Waals surface area contributed by atoms with Gasteiger partial charge in [-0.2, -0.15) is 0 Å². The lowest BCUT2D eigenvalue weighted by Gasteiger charge is -2.34. The van der Waals surface area contributed by atoms with Gasteiger partial charge in [0.2, 0.25) is 0 Å². The zero-order valence-corrected chi connectivity index (χ0v) is 9.35. The summed E-state index contributed by atoms with van der Waals surface area (Å²) in [5.74, 6) is 1.54. The van der Waals surface area contributed by atoms with Gasteiger partial charge in [-0.25, -0.2) is 0 Å². The van der Waals surface area contributed by atoms with Crippen LogP contribution >= 0.6 is 0 Å². The van der Waals surface area contributed by atoms with Gasteiger partial charge in [0.1, 0.15) is 0 Å². The molecule has 0 aromatic rings. The summed E-state index contributed by atoms with van der Waals surface area (Å²) in [4.78, 5) is 0. The van der Waals surface area contributed by atoms with Gasteiger partial charge in [0, 0.05) is 0 Å². The monoisotopic (exact) mass is 184 g/mol. The molecule has 0 nitrogen and oxygen atoms in total. The van der Waals surface area contributed by atoms with Gasteiger partial charge in [-0.15, -0.1) is 6.58 Å². The molecule has 0 saturated carbocycles. The Balaban J connectivity index is 0. The molecule has 0 bridgehead atoms. The summed E-state index contributed by atoms with van der Waals surface area (Å²) in [6.07, 6.45) is 4.70. The standard InChI is InChI=1S/C12H24.CH4/c1-7-9-11(10(3)4)12(5,6)8-2;/h8,10-11H,2,7,9H2,1,3-6H3;1H4/t11-;/m0./s1. The van der Waals surface area contributed by atoms with Crippen LogP contribution in [-0.2, 0) is 0 Å². The average molecular weight is 184 g/mol. The smallest absolute Gasteiger partial charge is 0.0147 e. The van der Waals surface area contributed by atoms with E-state index < -0.39 is 0 Å². The van der Waals surface area contributed by atoms with E-state index in [-0.39, 0.29) is 7.43 Å². The Bertz CT molecular complexity index is 131. The van der Waals surface area contributed by atoms with E-state index in [1.165, 1.54) is 12.8 Å². The molecule has 0 aliphatic heterocycles. The molecule has 0 amide bonds. The van der Waals surface area contributed by atoms with Crippen LogP contribution in [0.5, 0.6) is 0 Å². The topological polar surface area (TPSA) is 0 Å². The lowest BCUT2D eigenvalue weighted by molar-refractivity contribution is 0.196. The molecule has 0 saturated heterocycles. The molecule has 0 aliphatic carbocycles. The molecule has 1 atom stereocenters. The van der Waals surface area contributed by atoms with Crippen molar-refractivity contribution < 1.29 is 0 Å². The molecule has 0 unspecified atom stereocenters. The summed E-state index contributed by atoms with van der Waals surface area (Å²) in [6.45, 7) is 15.4. The van der Waals surface area contributed by atoms with E-state index in [0.29, 0.717) is 5.41 Å². The van der Waals surface area contributed by atoms with Gasteiger partial charge in [0.25, 0.3) is 0 Å². The highest BCUT2D eigenvalue weighted by Gasteiger charge is 2.27. The largest absolute Gasteiger partial charge is 0.103 e. The molecule has 13 heavy (non-hydrogen) atoms. The van der Waals surface area contributed by atoms with Crippen molar-refractivity contribution in [2.24, 2.45) is 17.3 Å². The van der Waals surface area contributed by atoms with E-state index in [1.807, 2.05) is 0 Å². The Morgan fingerprint density at radius 1 is 1.31 bits per heavy atom. The first kappa shape index (κ1) is 15.2. The first-order valence-corrected chi connectivity index (χ1v) is 5.09. The van der Waals surface area contributed by atoms with Crippen molar-refractivity contribution in [3.8, 4) is 0 Å². The Morgan fingerprint density at radius 2 is 1.77 bits per heavy atom. The zero-order valence-electron chi connectivity index (χ0n) is 9.35. The number of allylic oxidation sites excluding steroid dienone is 1. The van der Waals surface area contributed by atoms with Gasteiger partial charge >= 0.3 is 0 Å². The fourth-order valence-electron chi connectivity index (χ4n) is 2.03. The third-order valence-corrected chi connectivity index (χ3v) is 2.89. The van der Waals surface area contributed by atoms with Gasteiger partial charge in [0.05, 0.1) is 0 Å². The maximum atomic E-state index is 3.92. The highest BCUT2D eigenvalue weighted by atomic mass is 14.3. The van der Waals surface area contributed by atoms with Gasteiger partial charge in [-0.05, 0) is 23.7 Å². The molecule has 0 radical (unpaired) electrons. The van der Waals surface area contributed by atoms with Crippen LogP contribution in [-0.4, -0.2) is 0 Å². The van der Waals surface area contributed by atoms with Crippen molar-refractivity contribution in [1.82, 2.24) is 0 Å². The van der Waals surface area contributed by atoms with Gasteiger partial charge in [-0.1, -0.05) is 54.5 Å². The van der Waals surface area contributed by atoms with E-state index in [9.17, 15) is 0 Å². The third kappa shape index (κ3) is 4.50. The van der Waals surface area contributed by atoms with Crippen molar-refractivity contribution in [3.05, 3.63) is 12.7 Å². The fraction of sp³-hybridized carbons (Fsp3) is 0.846. The van der Waals surface area contributed by atoms with Crippen molar-refractivity contribution in [2.45, 2.75) is 54.9 Å². The summed E-state index contributed by atoms with van der Waals surface area (Å²) in [7, 11) is 0. The first-order chi connectivity index (χ1) is 5.45. The third-order valence-electron chi connectivity index (χ3n) is 2.89. The second kappa shape index (κ2) is 6.23. The Hall–Kier alpha value is -0.260. The van der Waals surface area contributed by atoms with Crippen LogP contribution in [0.1, 0.15) is 54.9 Å². The predicted octanol–water partition coefficient (Wildman–Crippen LogP) is 4.91. The van der Waals surface area contributed by atoms with Gasteiger partial charge in [-0.3, -0.25) is 0 Å². The second-order valence-electron chi connectivity index (χ2n) is 4.66. The maximum Gasteiger partial charge on any atom is -0.0147 e. The van der Waals surface area contributed by atoms with Crippen LogP contribution in [0, 0.1) is 17.3 Å². The molecular formula is C13H28. The van der Waals surface area contributed by atoms with Crippen molar-refractivity contribution in [3.63, 3.8) is 0 Å². The minimum atomic E-state index is 0. The zero-order chi connectivity index (χ0) is 9.78. The molecule has 0 heterocycles. The Labute approximate surface area is 85.4 Å². The summed E-state index contributed by atoms with van der Waals surface area (Å²) in [5.41, 5.74) is 0.296. The molecule has 0 fully saturated rings. The molecule has 80 valence electrons. The van der Waals surface area contributed by atoms with Crippen LogP contribution in [0.4, 0.5) is 0 Å². The molecule has 0 aliphatic rings. The lowest BCUT2D eigenvalue weighted by Crippen LogP contribution is -2.26. The van der Waals surface area contributed by atoms with Crippen LogP contribution in [0.3, 0.4) is 0 Å². The minimum Gasteiger partial charge on any atom is -0.103 e. The number of hydrogen-bond donors (Lipinski definition) is 0. The molecule has 0 aromatic carbocycles. The van der Waals surface area contributed by atoms with Crippen LogP contribution in [0.15, 0.2) is 12.7 Å². The van der Waals surface area contributed by atoms with E-state index in [4.69, 9.17) is 0 Å². The predicted molar refractivity (Wildman–Crippen MR) is 63.9 cm³/mol. The van der Waals surface area contributed by atoms with E-state index in [1.54, 1.807) is 0 Å². The van der Waals surface area contributed by atoms with Crippen molar-refractivity contribution in [2.75, 3.05) is 0 Å². The molecule has 0 spiro atoms. The summed E-state index contributed by atoms with van der Waals surface area (Å²) in [5, 5.41) is 0. The average Bonchev–Trinajstić information content (AvgIpc) is 1.99. The van der Waals surface area contributed by atoms with Crippen molar-refractivity contribution in [1.29, 1.82) is 0 Å². The normalized spacial score (nSPS) is 13.7. The lowest BCUT2D eigenvalue weighted by atomic mass is 9.71. The quantitative estimate of drug-likeness (QED) is 0.533.